The van der Waals surface area contributed by atoms with Gasteiger partial charge in [-0.25, -0.2) is 4.98 Å². The summed E-state index contributed by atoms with van der Waals surface area (Å²) >= 11 is 0. The molecule has 1 N–H and O–H groups in total. The van der Waals surface area contributed by atoms with Gasteiger partial charge in [0.05, 0.1) is 11.5 Å². The maximum Gasteiger partial charge on any atom is 0.224 e. The lowest BCUT2D eigenvalue weighted by atomic mass is 9.93. The molecule has 138 valence electrons. The predicted molar refractivity (Wildman–Crippen MR) is 99.6 cm³/mol. The second-order valence-electron chi connectivity index (χ2n) is 7.82. The summed E-state index contributed by atoms with van der Waals surface area (Å²) in [5.74, 6) is 1.24. The first-order valence-corrected chi connectivity index (χ1v) is 9.89. The van der Waals surface area contributed by atoms with Crippen LogP contribution in [0, 0.1) is 17.2 Å². The van der Waals surface area contributed by atoms with Crippen molar-refractivity contribution >= 4 is 11.7 Å². The highest BCUT2D eigenvalue weighted by Gasteiger charge is 2.34. The fraction of sp³-hybridized carbons (Fsp3) is 0.650. The van der Waals surface area contributed by atoms with E-state index in [2.05, 4.69) is 26.2 Å². The monoisotopic (exact) mass is 353 g/mol. The van der Waals surface area contributed by atoms with Crippen molar-refractivity contribution in [3.8, 4) is 6.07 Å². The van der Waals surface area contributed by atoms with Crippen molar-refractivity contribution < 1.29 is 4.79 Å². The lowest BCUT2D eigenvalue weighted by molar-refractivity contribution is -0.127. The fourth-order valence-corrected chi connectivity index (χ4v) is 4.28. The number of carbonyl (C=O) groups excluding carboxylic acids is 1. The molecule has 6 heteroatoms. The molecule has 1 aromatic heterocycles. The molecule has 0 radical (unpaired) electrons. The third kappa shape index (κ3) is 3.83. The smallest absolute Gasteiger partial charge is 0.224 e. The number of aromatic nitrogens is 1. The lowest BCUT2D eigenvalue weighted by Gasteiger charge is -2.42. The van der Waals surface area contributed by atoms with Gasteiger partial charge in [0.25, 0.3) is 0 Å². The molecule has 0 spiro atoms. The first-order valence-electron chi connectivity index (χ1n) is 9.89. The van der Waals surface area contributed by atoms with Crippen LogP contribution in [0.1, 0.15) is 44.1 Å². The van der Waals surface area contributed by atoms with Gasteiger partial charge in [-0.15, -0.1) is 0 Å². The van der Waals surface area contributed by atoms with Gasteiger partial charge in [0.2, 0.25) is 5.91 Å². The molecule has 1 saturated carbocycles. The number of carbonyl (C=O) groups is 1. The molecule has 1 amide bonds. The van der Waals surface area contributed by atoms with Crippen molar-refractivity contribution in [2.24, 2.45) is 5.92 Å². The van der Waals surface area contributed by atoms with E-state index in [1.165, 1.54) is 0 Å². The molecule has 4 rings (SSSR count). The molecule has 2 saturated heterocycles. The maximum atomic E-state index is 12.4. The number of rotatable bonds is 4. The number of hydrogen-bond donors (Lipinski definition) is 1. The molecule has 0 aromatic carbocycles. The Hall–Kier alpha value is -2.13. The molecule has 3 heterocycles. The standard InChI is InChI=1S/C20H27N5O/c21-13-15-3-1-9-22-19(15)24-11-7-18(8-12-24)25-10-2-4-16(14-25)20(26)23-17-5-6-17/h1,3,9,16-18H,2,4-8,10-12,14H2,(H,23,26)/t16-/m1/s1. The summed E-state index contributed by atoms with van der Waals surface area (Å²) in [4.78, 5) is 21.6. The van der Waals surface area contributed by atoms with Gasteiger partial charge < -0.3 is 10.2 Å². The number of likely N-dealkylation sites (tertiary alicyclic amines) is 1. The van der Waals surface area contributed by atoms with E-state index in [4.69, 9.17) is 0 Å². The van der Waals surface area contributed by atoms with E-state index in [0.29, 0.717) is 17.6 Å². The SMILES string of the molecule is N#Cc1cccnc1N1CCC(N2CCC[C@@H](C(=O)NC3CC3)C2)CC1. The fourth-order valence-electron chi connectivity index (χ4n) is 4.28. The summed E-state index contributed by atoms with van der Waals surface area (Å²) in [5, 5.41) is 12.5. The Morgan fingerprint density at radius 1 is 1.19 bits per heavy atom. The van der Waals surface area contributed by atoms with Gasteiger partial charge in [-0.3, -0.25) is 9.69 Å². The Bertz CT molecular complexity index is 688. The lowest BCUT2D eigenvalue weighted by Crippen LogP contribution is -2.51. The maximum absolute atomic E-state index is 12.4. The molecule has 1 aliphatic carbocycles. The van der Waals surface area contributed by atoms with Crippen LogP contribution < -0.4 is 10.2 Å². The number of hydrogen-bond acceptors (Lipinski definition) is 5. The van der Waals surface area contributed by atoms with Gasteiger partial charge in [0, 0.05) is 37.9 Å². The van der Waals surface area contributed by atoms with Crippen molar-refractivity contribution in [2.75, 3.05) is 31.1 Å². The third-order valence-corrected chi connectivity index (χ3v) is 5.93. The number of nitrogens with one attached hydrogen (secondary N) is 1. The minimum absolute atomic E-state index is 0.156. The third-order valence-electron chi connectivity index (χ3n) is 5.93. The molecule has 1 atom stereocenters. The Morgan fingerprint density at radius 3 is 2.73 bits per heavy atom. The van der Waals surface area contributed by atoms with E-state index in [0.717, 1.165) is 70.5 Å². The molecule has 6 nitrogen and oxygen atoms in total. The summed E-state index contributed by atoms with van der Waals surface area (Å²) in [6.07, 6.45) is 8.33. The van der Waals surface area contributed by atoms with Crippen LogP contribution in [0.5, 0.6) is 0 Å². The van der Waals surface area contributed by atoms with Gasteiger partial charge in [-0.05, 0) is 57.2 Å². The first kappa shape index (κ1) is 17.3. The van der Waals surface area contributed by atoms with Crippen molar-refractivity contribution in [1.29, 1.82) is 5.26 Å². The minimum atomic E-state index is 0.156. The van der Waals surface area contributed by atoms with Crippen molar-refractivity contribution in [2.45, 2.75) is 50.6 Å². The zero-order valence-electron chi connectivity index (χ0n) is 15.2. The van der Waals surface area contributed by atoms with Gasteiger partial charge >= 0.3 is 0 Å². The summed E-state index contributed by atoms with van der Waals surface area (Å²) in [5.41, 5.74) is 0.653. The Morgan fingerprint density at radius 2 is 2.00 bits per heavy atom. The first-order chi connectivity index (χ1) is 12.7. The van der Waals surface area contributed by atoms with Crippen LogP contribution in [0.3, 0.4) is 0 Å². The number of nitriles is 1. The van der Waals surface area contributed by atoms with Crippen LogP contribution in [0.4, 0.5) is 5.82 Å². The van der Waals surface area contributed by atoms with Gasteiger partial charge in [-0.2, -0.15) is 5.26 Å². The molecule has 3 fully saturated rings. The number of amides is 1. The van der Waals surface area contributed by atoms with Crippen LogP contribution >= 0.6 is 0 Å². The quantitative estimate of drug-likeness (QED) is 0.895. The second kappa shape index (κ2) is 7.63. The average molecular weight is 353 g/mol. The van der Waals surface area contributed by atoms with Gasteiger partial charge in [0.1, 0.15) is 11.9 Å². The van der Waals surface area contributed by atoms with Crippen LogP contribution in [-0.2, 0) is 4.79 Å². The number of nitrogens with zero attached hydrogens (tertiary/aromatic N) is 4. The second-order valence-corrected chi connectivity index (χ2v) is 7.82. The Kier molecular flexibility index (Phi) is 5.07. The highest BCUT2D eigenvalue weighted by atomic mass is 16.2. The molecule has 3 aliphatic rings. The van der Waals surface area contributed by atoms with E-state index in [9.17, 15) is 10.1 Å². The van der Waals surface area contributed by atoms with Crippen LogP contribution in [-0.4, -0.2) is 54.1 Å². The van der Waals surface area contributed by atoms with Crippen LogP contribution in [0.2, 0.25) is 0 Å². The van der Waals surface area contributed by atoms with Crippen molar-refractivity contribution in [3.05, 3.63) is 23.9 Å². The Labute approximate surface area is 155 Å². The average Bonchev–Trinajstić information content (AvgIpc) is 3.52. The van der Waals surface area contributed by atoms with Crippen molar-refractivity contribution in [1.82, 2.24) is 15.2 Å². The van der Waals surface area contributed by atoms with E-state index in [1.54, 1.807) is 6.20 Å². The highest BCUT2D eigenvalue weighted by Crippen LogP contribution is 2.27. The van der Waals surface area contributed by atoms with E-state index in [-0.39, 0.29) is 11.8 Å². The van der Waals surface area contributed by atoms with E-state index in [1.807, 2.05) is 12.1 Å². The zero-order valence-corrected chi connectivity index (χ0v) is 15.2. The Balaban J connectivity index is 1.32. The predicted octanol–water partition coefficient (Wildman–Crippen LogP) is 1.91. The van der Waals surface area contributed by atoms with Crippen LogP contribution in [0.25, 0.3) is 0 Å². The van der Waals surface area contributed by atoms with Gasteiger partial charge in [0.15, 0.2) is 0 Å². The highest BCUT2D eigenvalue weighted by molar-refractivity contribution is 5.79. The topological polar surface area (TPSA) is 72.3 Å². The summed E-state index contributed by atoms with van der Waals surface area (Å²) in [6, 6.07) is 6.89. The van der Waals surface area contributed by atoms with Crippen molar-refractivity contribution in [3.63, 3.8) is 0 Å². The molecule has 2 aliphatic heterocycles. The van der Waals surface area contributed by atoms with E-state index >= 15 is 0 Å². The number of anilines is 1. The molecule has 26 heavy (non-hydrogen) atoms. The summed E-state index contributed by atoms with van der Waals surface area (Å²) in [7, 11) is 0. The molecule has 1 aromatic rings. The summed E-state index contributed by atoms with van der Waals surface area (Å²) in [6.45, 7) is 3.85. The largest absolute Gasteiger partial charge is 0.355 e. The molecule has 0 bridgehead atoms. The van der Waals surface area contributed by atoms with Crippen LogP contribution in [0.15, 0.2) is 18.3 Å². The molecule has 0 unspecified atom stereocenters. The normalized spacial score (nSPS) is 24.9. The minimum Gasteiger partial charge on any atom is -0.355 e. The molecular weight excluding hydrogens is 326 g/mol. The number of piperidine rings is 2. The molecular formula is C20H27N5O. The van der Waals surface area contributed by atoms with Gasteiger partial charge in [-0.1, -0.05) is 0 Å². The summed E-state index contributed by atoms with van der Waals surface area (Å²) < 4.78 is 0. The number of pyridine rings is 1. The zero-order chi connectivity index (χ0) is 17.9. The van der Waals surface area contributed by atoms with E-state index < -0.39 is 0 Å².